The van der Waals surface area contributed by atoms with Gasteiger partial charge in [-0.25, -0.2) is 0 Å². The Balaban J connectivity index is 2.19. The lowest BCUT2D eigenvalue weighted by Crippen LogP contribution is -2.13. The van der Waals surface area contributed by atoms with Crippen molar-refractivity contribution in [2.24, 2.45) is 0 Å². The van der Waals surface area contributed by atoms with Crippen LogP contribution in [0.2, 0.25) is 0 Å². The van der Waals surface area contributed by atoms with Gasteiger partial charge in [0.2, 0.25) is 0 Å². The summed E-state index contributed by atoms with van der Waals surface area (Å²) in [5.74, 6) is 0.864. The molecule has 0 saturated carbocycles. The minimum absolute atomic E-state index is 0.00312. The van der Waals surface area contributed by atoms with Gasteiger partial charge in [0.25, 0.3) is 5.91 Å². The third-order valence-corrected chi connectivity index (χ3v) is 3.39. The standard InChI is InChI=1S/C20H20N2O3/c1-3-12-25-19-7-5-4-6-15(19)13-16(14-21)20(23)22-17-8-10-18(24-2)11-9-17/h4-11,13H,3,12H2,1-2H3,(H,22,23)/b16-13+. The molecule has 1 N–H and O–H groups in total. The Kier molecular flexibility index (Phi) is 6.61. The van der Waals surface area contributed by atoms with E-state index in [0.717, 1.165) is 6.42 Å². The molecule has 0 aliphatic carbocycles. The van der Waals surface area contributed by atoms with Crippen molar-refractivity contribution < 1.29 is 14.3 Å². The minimum Gasteiger partial charge on any atom is -0.497 e. The molecule has 2 rings (SSSR count). The number of rotatable bonds is 7. The first-order valence-corrected chi connectivity index (χ1v) is 7.97. The number of hydrogen-bond donors (Lipinski definition) is 1. The van der Waals surface area contributed by atoms with Crippen LogP contribution in [-0.2, 0) is 4.79 Å². The van der Waals surface area contributed by atoms with Gasteiger partial charge < -0.3 is 14.8 Å². The molecule has 0 bridgehead atoms. The monoisotopic (exact) mass is 336 g/mol. The van der Waals surface area contributed by atoms with Gasteiger partial charge in [-0.3, -0.25) is 4.79 Å². The number of benzene rings is 2. The molecule has 1 amide bonds. The van der Waals surface area contributed by atoms with Crippen molar-refractivity contribution in [2.75, 3.05) is 19.0 Å². The molecule has 0 radical (unpaired) electrons. The summed E-state index contributed by atoms with van der Waals surface area (Å²) in [6, 6.07) is 16.2. The molecule has 0 spiro atoms. The average Bonchev–Trinajstić information content (AvgIpc) is 2.65. The number of anilines is 1. The highest BCUT2D eigenvalue weighted by molar-refractivity contribution is 6.09. The molecule has 25 heavy (non-hydrogen) atoms. The first kappa shape index (κ1) is 18.1. The Morgan fingerprint density at radius 2 is 1.92 bits per heavy atom. The van der Waals surface area contributed by atoms with Crippen molar-refractivity contribution in [1.82, 2.24) is 0 Å². The van der Waals surface area contributed by atoms with Crippen molar-refractivity contribution >= 4 is 17.7 Å². The molecule has 0 heterocycles. The van der Waals surface area contributed by atoms with Crippen molar-refractivity contribution in [3.63, 3.8) is 0 Å². The summed E-state index contributed by atoms with van der Waals surface area (Å²) in [4.78, 5) is 12.4. The Bertz CT molecular complexity index is 789. The molecule has 0 saturated heterocycles. The van der Waals surface area contributed by atoms with Gasteiger partial charge in [-0.05, 0) is 42.8 Å². The van der Waals surface area contributed by atoms with Crippen molar-refractivity contribution in [3.8, 4) is 17.6 Å². The van der Waals surface area contributed by atoms with Crippen LogP contribution in [0.5, 0.6) is 11.5 Å². The minimum atomic E-state index is -0.474. The zero-order chi connectivity index (χ0) is 18.1. The number of nitriles is 1. The Labute approximate surface area is 147 Å². The number of nitrogens with zero attached hydrogens (tertiary/aromatic N) is 1. The summed E-state index contributed by atoms with van der Waals surface area (Å²) >= 11 is 0. The topological polar surface area (TPSA) is 71.3 Å². The van der Waals surface area contributed by atoms with E-state index in [1.54, 1.807) is 31.4 Å². The second kappa shape index (κ2) is 9.14. The maximum atomic E-state index is 12.4. The molecular formula is C20H20N2O3. The highest BCUT2D eigenvalue weighted by Gasteiger charge is 2.11. The van der Waals surface area contributed by atoms with Gasteiger partial charge in [0, 0.05) is 11.3 Å². The van der Waals surface area contributed by atoms with E-state index in [4.69, 9.17) is 9.47 Å². The van der Waals surface area contributed by atoms with Gasteiger partial charge in [-0.15, -0.1) is 0 Å². The zero-order valence-electron chi connectivity index (χ0n) is 14.3. The van der Waals surface area contributed by atoms with Crippen LogP contribution in [-0.4, -0.2) is 19.6 Å². The maximum Gasteiger partial charge on any atom is 0.266 e. The van der Waals surface area contributed by atoms with Crippen LogP contribution < -0.4 is 14.8 Å². The predicted octanol–water partition coefficient (Wildman–Crippen LogP) is 4.03. The van der Waals surface area contributed by atoms with Crippen LogP contribution in [0.25, 0.3) is 6.08 Å². The lowest BCUT2D eigenvalue weighted by molar-refractivity contribution is -0.112. The van der Waals surface area contributed by atoms with Gasteiger partial charge in [-0.2, -0.15) is 5.26 Å². The lowest BCUT2D eigenvalue weighted by atomic mass is 10.1. The van der Waals surface area contributed by atoms with Gasteiger partial charge >= 0.3 is 0 Å². The molecule has 0 aliphatic rings. The summed E-state index contributed by atoms with van der Waals surface area (Å²) in [7, 11) is 1.57. The summed E-state index contributed by atoms with van der Waals surface area (Å²) in [5, 5.41) is 12.0. The Morgan fingerprint density at radius 3 is 2.56 bits per heavy atom. The number of ether oxygens (including phenoxy) is 2. The van der Waals surface area contributed by atoms with Crippen LogP contribution in [0, 0.1) is 11.3 Å². The van der Waals surface area contributed by atoms with Gasteiger partial charge in [0.15, 0.2) is 0 Å². The molecule has 5 nitrogen and oxygen atoms in total. The maximum absolute atomic E-state index is 12.4. The van der Waals surface area contributed by atoms with Crippen LogP contribution in [0.1, 0.15) is 18.9 Å². The third-order valence-electron chi connectivity index (χ3n) is 3.39. The molecule has 0 unspecified atom stereocenters. The molecule has 0 aliphatic heterocycles. The molecule has 0 aromatic heterocycles. The molecule has 5 heteroatoms. The molecule has 2 aromatic rings. The fourth-order valence-corrected chi connectivity index (χ4v) is 2.12. The first-order chi connectivity index (χ1) is 12.2. The quantitative estimate of drug-likeness (QED) is 0.612. The predicted molar refractivity (Wildman–Crippen MR) is 97.4 cm³/mol. The summed E-state index contributed by atoms with van der Waals surface area (Å²) < 4.78 is 10.7. The zero-order valence-corrected chi connectivity index (χ0v) is 14.3. The lowest BCUT2D eigenvalue weighted by Gasteiger charge is -2.09. The van der Waals surface area contributed by atoms with Gasteiger partial charge in [0.1, 0.15) is 23.1 Å². The number of hydrogen-bond acceptors (Lipinski definition) is 4. The van der Waals surface area contributed by atoms with Crippen molar-refractivity contribution in [3.05, 3.63) is 59.7 Å². The smallest absolute Gasteiger partial charge is 0.266 e. The van der Waals surface area contributed by atoms with Crippen LogP contribution in [0.15, 0.2) is 54.1 Å². The Hall–Kier alpha value is -3.26. The van der Waals surface area contributed by atoms with Crippen LogP contribution >= 0.6 is 0 Å². The average molecular weight is 336 g/mol. The summed E-state index contributed by atoms with van der Waals surface area (Å²) in [5.41, 5.74) is 1.28. The Morgan fingerprint density at radius 1 is 1.20 bits per heavy atom. The number of carbonyl (C=O) groups excluding carboxylic acids is 1. The van der Waals surface area contributed by atoms with Gasteiger partial charge in [0.05, 0.1) is 13.7 Å². The van der Waals surface area contributed by atoms with E-state index in [1.165, 1.54) is 6.08 Å². The number of nitrogens with one attached hydrogen (secondary N) is 1. The highest BCUT2D eigenvalue weighted by Crippen LogP contribution is 2.22. The van der Waals surface area contributed by atoms with Crippen LogP contribution in [0.3, 0.4) is 0 Å². The molecule has 2 aromatic carbocycles. The third kappa shape index (κ3) is 5.11. The van der Waals surface area contributed by atoms with E-state index >= 15 is 0 Å². The van der Waals surface area contributed by atoms with Crippen molar-refractivity contribution in [2.45, 2.75) is 13.3 Å². The SMILES string of the molecule is CCCOc1ccccc1/C=C(\C#N)C(=O)Nc1ccc(OC)cc1. The fraction of sp³-hybridized carbons (Fsp3) is 0.200. The number of para-hydroxylation sites is 1. The molecule has 0 atom stereocenters. The van der Waals surface area contributed by atoms with Crippen LogP contribution in [0.4, 0.5) is 5.69 Å². The van der Waals surface area contributed by atoms with E-state index in [9.17, 15) is 10.1 Å². The summed E-state index contributed by atoms with van der Waals surface area (Å²) in [6.45, 7) is 2.59. The fourth-order valence-electron chi connectivity index (χ4n) is 2.12. The number of amides is 1. The van der Waals surface area contributed by atoms with E-state index < -0.39 is 5.91 Å². The largest absolute Gasteiger partial charge is 0.497 e. The molecule has 128 valence electrons. The molecular weight excluding hydrogens is 316 g/mol. The highest BCUT2D eigenvalue weighted by atomic mass is 16.5. The number of carbonyl (C=O) groups is 1. The molecule has 0 fully saturated rings. The summed E-state index contributed by atoms with van der Waals surface area (Å²) in [6.07, 6.45) is 2.41. The van der Waals surface area contributed by atoms with Gasteiger partial charge in [-0.1, -0.05) is 25.1 Å². The second-order valence-electron chi connectivity index (χ2n) is 5.24. The first-order valence-electron chi connectivity index (χ1n) is 7.97. The number of methoxy groups -OCH3 is 1. The normalized spacial score (nSPS) is 10.7. The van der Waals surface area contributed by atoms with E-state index in [-0.39, 0.29) is 5.57 Å². The van der Waals surface area contributed by atoms with E-state index in [1.807, 2.05) is 37.3 Å². The van der Waals surface area contributed by atoms with E-state index in [0.29, 0.717) is 29.4 Å². The second-order valence-corrected chi connectivity index (χ2v) is 5.24. The van der Waals surface area contributed by atoms with E-state index in [2.05, 4.69) is 5.32 Å². The van der Waals surface area contributed by atoms with Crippen molar-refractivity contribution in [1.29, 1.82) is 5.26 Å².